The van der Waals surface area contributed by atoms with Crippen LogP contribution in [-0.2, 0) is 16.1 Å². The Kier molecular flexibility index (Phi) is 4.71. The van der Waals surface area contributed by atoms with E-state index in [9.17, 15) is 14.7 Å². The molecule has 2 N–H and O–H groups in total. The zero-order valence-corrected chi connectivity index (χ0v) is 13.1. The van der Waals surface area contributed by atoms with Crippen LogP contribution in [0.25, 0.3) is 0 Å². The van der Waals surface area contributed by atoms with Crippen molar-refractivity contribution < 1.29 is 19.4 Å². The van der Waals surface area contributed by atoms with Crippen LogP contribution >= 0.6 is 0 Å². The highest BCUT2D eigenvalue weighted by molar-refractivity contribution is 5.96. The van der Waals surface area contributed by atoms with Gasteiger partial charge in [0.1, 0.15) is 5.60 Å². The predicted molar refractivity (Wildman–Crippen MR) is 82.5 cm³/mol. The normalized spacial score (nSPS) is 18.5. The molecule has 22 heavy (non-hydrogen) atoms. The number of aliphatic hydroxyl groups excluding tert-OH is 1. The number of carbonyl (C=O) groups excluding carboxylic acids is 2. The summed E-state index contributed by atoms with van der Waals surface area (Å²) in [5.74, 6) is -0.0928. The molecule has 0 spiro atoms. The van der Waals surface area contributed by atoms with E-state index in [0.29, 0.717) is 13.1 Å². The number of aliphatic hydroxyl groups is 1. The molecule has 1 aromatic carbocycles. The number of benzene rings is 1. The molecule has 1 heterocycles. The average molecular weight is 306 g/mol. The smallest absolute Gasteiger partial charge is 0.407 e. The summed E-state index contributed by atoms with van der Waals surface area (Å²) in [6, 6.07) is 7.32. The fourth-order valence-corrected chi connectivity index (χ4v) is 2.26. The molecule has 0 bridgehead atoms. The summed E-state index contributed by atoms with van der Waals surface area (Å²) in [5, 5.41) is 12.2. The Morgan fingerprint density at radius 1 is 1.45 bits per heavy atom. The number of β-amino-alcohol motifs (C(OH)–C–C–N with tert-alkyl or cyclic N) is 1. The van der Waals surface area contributed by atoms with Crippen LogP contribution < -0.4 is 10.2 Å². The minimum absolute atomic E-state index is 0.0928. The number of anilines is 1. The van der Waals surface area contributed by atoms with Crippen molar-refractivity contribution in [2.75, 3.05) is 11.4 Å². The minimum Gasteiger partial charge on any atom is -0.444 e. The molecule has 6 heteroatoms. The van der Waals surface area contributed by atoms with Crippen molar-refractivity contribution in [3.05, 3.63) is 29.8 Å². The van der Waals surface area contributed by atoms with Crippen LogP contribution in [0.1, 0.15) is 32.8 Å². The van der Waals surface area contributed by atoms with Gasteiger partial charge < -0.3 is 20.1 Å². The number of amides is 2. The van der Waals surface area contributed by atoms with Crippen molar-refractivity contribution in [2.45, 2.75) is 45.4 Å². The standard InChI is InChI=1S/C16H22N2O4/c1-16(2,3)22-15(21)17-9-11-5-4-6-12(7-11)18-10-13(19)8-14(18)20/h4-7,13,19H,8-10H2,1-3H3,(H,17,21). The van der Waals surface area contributed by atoms with Crippen LogP contribution in [0, 0.1) is 0 Å². The zero-order chi connectivity index (χ0) is 16.3. The van der Waals surface area contributed by atoms with Gasteiger partial charge >= 0.3 is 6.09 Å². The van der Waals surface area contributed by atoms with Gasteiger partial charge in [-0.05, 0) is 38.5 Å². The van der Waals surface area contributed by atoms with Gasteiger partial charge in [0.25, 0.3) is 0 Å². The molecule has 1 unspecified atom stereocenters. The fraction of sp³-hybridized carbons (Fsp3) is 0.500. The summed E-state index contributed by atoms with van der Waals surface area (Å²) < 4.78 is 5.17. The topological polar surface area (TPSA) is 78.9 Å². The van der Waals surface area contributed by atoms with Crippen molar-refractivity contribution in [1.82, 2.24) is 5.32 Å². The highest BCUT2D eigenvalue weighted by Crippen LogP contribution is 2.22. The van der Waals surface area contributed by atoms with Gasteiger partial charge in [0.15, 0.2) is 0 Å². The Balaban J connectivity index is 1.97. The molecule has 1 aliphatic rings. The first-order valence-electron chi connectivity index (χ1n) is 7.29. The molecular weight excluding hydrogens is 284 g/mol. The maximum atomic E-state index is 11.8. The second kappa shape index (κ2) is 6.36. The summed E-state index contributed by atoms with van der Waals surface area (Å²) >= 11 is 0. The number of nitrogens with zero attached hydrogens (tertiary/aromatic N) is 1. The molecule has 2 rings (SSSR count). The largest absolute Gasteiger partial charge is 0.444 e. The van der Waals surface area contributed by atoms with E-state index < -0.39 is 17.8 Å². The molecule has 0 saturated carbocycles. The average Bonchev–Trinajstić information content (AvgIpc) is 2.74. The van der Waals surface area contributed by atoms with Crippen molar-refractivity contribution in [3.63, 3.8) is 0 Å². The molecule has 6 nitrogen and oxygen atoms in total. The lowest BCUT2D eigenvalue weighted by atomic mass is 10.2. The first kappa shape index (κ1) is 16.3. The lowest BCUT2D eigenvalue weighted by molar-refractivity contribution is -0.117. The Hall–Kier alpha value is -2.08. The van der Waals surface area contributed by atoms with Crippen molar-refractivity contribution >= 4 is 17.7 Å². The van der Waals surface area contributed by atoms with E-state index in [1.807, 2.05) is 24.3 Å². The summed E-state index contributed by atoms with van der Waals surface area (Å²) in [7, 11) is 0. The lowest BCUT2D eigenvalue weighted by Crippen LogP contribution is -2.32. The van der Waals surface area contributed by atoms with Crippen LogP contribution in [0.5, 0.6) is 0 Å². The van der Waals surface area contributed by atoms with Gasteiger partial charge in [-0.1, -0.05) is 12.1 Å². The van der Waals surface area contributed by atoms with Crippen LogP contribution in [0.2, 0.25) is 0 Å². The summed E-state index contributed by atoms with van der Waals surface area (Å²) in [5.41, 5.74) is 1.05. The van der Waals surface area contributed by atoms with Gasteiger partial charge in [-0.25, -0.2) is 4.79 Å². The Bertz CT molecular complexity index is 566. The number of alkyl carbamates (subject to hydrolysis) is 1. The fourth-order valence-electron chi connectivity index (χ4n) is 2.26. The Morgan fingerprint density at radius 2 is 2.18 bits per heavy atom. The van der Waals surface area contributed by atoms with Crippen molar-refractivity contribution in [1.29, 1.82) is 0 Å². The van der Waals surface area contributed by atoms with Crippen LogP contribution in [0.4, 0.5) is 10.5 Å². The molecule has 1 aliphatic heterocycles. The predicted octanol–water partition coefficient (Wildman–Crippen LogP) is 1.81. The van der Waals surface area contributed by atoms with E-state index in [4.69, 9.17) is 4.74 Å². The third kappa shape index (κ3) is 4.46. The van der Waals surface area contributed by atoms with Gasteiger partial charge in [-0.2, -0.15) is 0 Å². The quantitative estimate of drug-likeness (QED) is 0.892. The molecule has 2 amide bonds. The molecular formula is C16H22N2O4. The second-order valence-corrected chi connectivity index (χ2v) is 6.39. The van der Waals surface area contributed by atoms with Gasteiger partial charge in [0, 0.05) is 12.2 Å². The van der Waals surface area contributed by atoms with Crippen molar-refractivity contribution in [2.24, 2.45) is 0 Å². The zero-order valence-electron chi connectivity index (χ0n) is 13.1. The van der Waals surface area contributed by atoms with Gasteiger partial charge in [-0.15, -0.1) is 0 Å². The maximum Gasteiger partial charge on any atom is 0.407 e. The number of nitrogens with one attached hydrogen (secondary N) is 1. The van der Waals surface area contributed by atoms with E-state index >= 15 is 0 Å². The number of hydrogen-bond acceptors (Lipinski definition) is 4. The summed E-state index contributed by atoms with van der Waals surface area (Å²) in [6.45, 7) is 6.03. The van der Waals surface area contributed by atoms with E-state index in [2.05, 4.69) is 5.32 Å². The second-order valence-electron chi connectivity index (χ2n) is 6.39. The summed E-state index contributed by atoms with van der Waals surface area (Å²) in [4.78, 5) is 25.0. The molecule has 0 aliphatic carbocycles. The van der Waals surface area contributed by atoms with E-state index in [0.717, 1.165) is 11.3 Å². The molecule has 0 radical (unpaired) electrons. The minimum atomic E-state index is -0.615. The molecule has 120 valence electrons. The number of hydrogen-bond donors (Lipinski definition) is 2. The van der Waals surface area contributed by atoms with Crippen LogP contribution in [-0.4, -0.2) is 35.4 Å². The number of carbonyl (C=O) groups is 2. The van der Waals surface area contributed by atoms with Crippen LogP contribution in [0.15, 0.2) is 24.3 Å². The third-order valence-electron chi connectivity index (χ3n) is 3.16. The lowest BCUT2D eigenvalue weighted by Gasteiger charge is -2.20. The maximum absolute atomic E-state index is 11.8. The molecule has 1 fully saturated rings. The van der Waals surface area contributed by atoms with Crippen molar-refractivity contribution in [3.8, 4) is 0 Å². The molecule has 1 atom stereocenters. The van der Waals surface area contributed by atoms with Gasteiger partial charge in [-0.3, -0.25) is 4.79 Å². The highest BCUT2D eigenvalue weighted by atomic mass is 16.6. The first-order chi connectivity index (χ1) is 10.2. The third-order valence-corrected chi connectivity index (χ3v) is 3.16. The first-order valence-corrected chi connectivity index (χ1v) is 7.29. The Morgan fingerprint density at radius 3 is 2.77 bits per heavy atom. The monoisotopic (exact) mass is 306 g/mol. The number of ether oxygens (including phenoxy) is 1. The van der Waals surface area contributed by atoms with E-state index in [1.165, 1.54) is 0 Å². The van der Waals surface area contributed by atoms with E-state index in [1.54, 1.807) is 25.7 Å². The molecule has 1 saturated heterocycles. The SMILES string of the molecule is CC(C)(C)OC(=O)NCc1cccc(N2CC(O)CC2=O)c1. The van der Waals surface area contributed by atoms with Gasteiger partial charge in [0.2, 0.25) is 5.91 Å². The highest BCUT2D eigenvalue weighted by Gasteiger charge is 2.29. The molecule has 0 aromatic heterocycles. The van der Waals surface area contributed by atoms with Gasteiger partial charge in [0.05, 0.1) is 19.1 Å². The van der Waals surface area contributed by atoms with E-state index in [-0.39, 0.29) is 12.3 Å². The van der Waals surface area contributed by atoms with Crippen LogP contribution in [0.3, 0.4) is 0 Å². The number of rotatable bonds is 3. The summed E-state index contributed by atoms with van der Waals surface area (Å²) in [6.07, 6.45) is -0.943. The molecule has 1 aromatic rings. The Labute approximate surface area is 130 Å².